The van der Waals surface area contributed by atoms with Crippen LogP contribution in [0.2, 0.25) is 0 Å². The normalized spacial score (nSPS) is 13.7. The second-order valence-electron chi connectivity index (χ2n) is 4.29. The topological polar surface area (TPSA) is 60.2 Å². The van der Waals surface area contributed by atoms with Gasteiger partial charge in [-0.05, 0) is 43.9 Å². The zero-order chi connectivity index (χ0) is 12.2. The van der Waals surface area contributed by atoms with Crippen molar-refractivity contribution in [3.8, 4) is 0 Å². The smallest absolute Gasteiger partial charge is 0.175 e. The first-order valence-corrected chi connectivity index (χ1v) is 7.33. The predicted octanol–water partition coefficient (Wildman–Crippen LogP) is 1.76. The van der Waals surface area contributed by atoms with E-state index in [1.54, 1.807) is 12.1 Å². The van der Waals surface area contributed by atoms with Gasteiger partial charge in [-0.2, -0.15) is 0 Å². The van der Waals surface area contributed by atoms with Gasteiger partial charge in [0.1, 0.15) is 0 Å². The van der Waals surface area contributed by atoms with Gasteiger partial charge in [-0.25, -0.2) is 8.42 Å². The molecule has 0 saturated heterocycles. The van der Waals surface area contributed by atoms with Gasteiger partial charge in [-0.15, -0.1) is 0 Å². The lowest BCUT2D eigenvalue weighted by Gasteiger charge is -2.05. The Morgan fingerprint density at radius 1 is 1.25 bits per heavy atom. The number of hydrogen-bond acceptors (Lipinski definition) is 3. The molecule has 1 aromatic carbocycles. The highest BCUT2D eigenvalue weighted by molar-refractivity contribution is 7.90. The lowest BCUT2D eigenvalue weighted by atomic mass is 10.1. The van der Waals surface area contributed by atoms with E-state index in [2.05, 4.69) is 0 Å². The number of hydrogen-bond donors (Lipinski definition) is 1. The van der Waals surface area contributed by atoms with Crippen molar-refractivity contribution in [1.29, 1.82) is 0 Å². The first-order chi connectivity index (χ1) is 7.39. The first kappa shape index (κ1) is 13.2. The van der Waals surface area contributed by atoms with Crippen molar-refractivity contribution in [3.63, 3.8) is 0 Å². The molecular formula is C12H19NO2S. The third kappa shape index (κ3) is 4.33. The average molecular weight is 241 g/mol. The standard InChI is InChI=1S/C12H19NO2S/c1-10(13)4-3-5-11-6-8-12(9-7-11)16(2,14)15/h6-10H,3-5,13H2,1-2H3. The molecule has 16 heavy (non-hydrogen) atoms. The average Bonchev–Trinajstić information content (AvgIpc) is 2.16. The zero-order valence-electron chi connectivity index (χ0n) is 9.81. The molecule has 2 N–H and O–H groups in total. The summed E-state index contributed by atoms with van der Waals surface area (Å²) in [5, 5.41) is 0. The molecule has 0 bridgehead atoms. The summed E-state index contributed by atoms with van der Waals surface area (Å²) >= 11 is 0. The molecule has 90 valence electrons. The summed E-state index contributed by atoms with van der Waals surface area (Å²) in [6, 6.07) is 7.30. The summed E-state index contributed by atoms with van der Waals surface area (Å²) in [5.74, 6) is 0. The molecule has 0 fully saturated rings. The minimum atomic E-state index is -3.07. The number of nitrogens with two attached hydrogens (primary N) is 1. The largest absolute Gasteiger partial charge is 0.328 e. The molecule has 1 aromatic rings. The molecule has 0 aliphatic rings. The van der Waals surface area contributed by atoms with Crippen LogP contribution in [-0.4, -0.2) is 20.7 Å². The van der Waals surface area contributed by atoms with Gasteiger partial charge in [0.05, 0.1) is 4.90 Å². The van der Waals surface area contributed by atoms with Crippen LogP contribution < -0.4 is 5.73 Å². The van der Waals surface area contributed by atoms with Crippen molar-refractivity contribution in [1.82, 2.24) is 0 Å². The van der Waals surface area contributed by atoms with Gasteiger partial charge in [-0.1, -0.05) is 12.1 Å². The van der Waals surface area contributed by atoms with E-state index in [1.807, 2.05) is 19.1 Å². The van der Waals surface area contributed by atoms with Crippen LogP contribution >= 0.6 is 0 Å². The SMILES string of the molecule is CC(N)CCCc1ccc(S(C)(=O)=O)cc1. The number of rotatable bonds is 5. The Morgan fingerprint density at radius 2 is 1.81 bits per heavy atom. The molecule has 0 amide bonds. The summed E-state index contributed by atoms with van der Waals surface area (Å²) < 4.78 is 22.5. The van der Waals surface area contributed by atoms with Crippen molar-refractivity contribution in [3.05, 3.63) is 29.8 Å². The molecule has 0 aromatic heterocycles. The molecule has 0 aliphatic carbocycles. The van der Waals surface area contributed by atoms with Crippen molar-refractivity contribution in [2.45, 2.75) is 37.1 Å². The Kier molecular flexibility index (Phi) is 4.50. The predicted molar refractivity (Wildman–Crippen MR) is 66.1 cm³/mol. The van der Waals surface area contributed by atoms with E-state index in [-0.39, 0.29) is 6.04 Å². The van der Waals surface area contributed by atoms with Crippen molar-refractivity contribution in [2.75, 3.05) is 6.26 Å². The second-order valence-corrected chi connectivity index (χ2v) is 6.30. The maximum atomic E-state index is 11.2. The van der Waals surface area contributed by atoms with Crippen molar-refractivity contribution in [2.24, 2.45) is 5.73 Å². The van der Waals surface area contributed by atoms with Gasteiger partial charge >= 0.3 is 0 Å². The summed E-state index contributed by atoms with van der Waals surface area (Å²) in [7, 11) is -3.07. The highest BCUT2D eigenvalue weighted by atomic mass is 32.2. The number of benzene rings is 1. The molecule has 1 rings (SSSR count). The molecule has 1 atom stereocenters. The molecule has 1 unspecified atom stereocenters. The minimum Gasteiger partial charge on any atom is -0.328 e. The molecule has 0 heterocycles. The van der Waals surface area contributed by atoms with E-state index in [9.17, 15) is 8.42 Å². The highest BCUT2D eigenvalue weighted by Crippen LogP contribution is 2.12. The van der Waals surface area contributed by atoms with Crippen LogP contribution in [0.4, 0.5) is 0 Å². The summed E-state index contributed by atoms with van der Waals surface area (Å²) in [4.78, 5) is 0.378. The zero-order valence-corrected chi connectivity index (χ0v) is 10.6. The highest BCUT2D eigenvalue weighted by Gasteiger charge is 2.05. The molecule has 0 radical (unpaired) electrons. The Labute approximate surface area is 97.6 Å². The maximum Gasteiger partial charge on any atom is 0.175 e. The Balaban J connectivity index is 2.59. The summed E-state index contributed by atoms with van der Waals surface area (Å²) in [6.45, 7) is 1.99. The van der Waals surface area contributed by atoms with Crippen LogP contribution in [0.25, 0.3) is 0 Å². The van der Waals surface area contributed by atoms with E-state index >= 15 is 0 Å². The van der Waals surface area contributed by atoms with Crippen LogP contribution in [0.15, 0.2) is 29.2 Å². The molecule has 0 spiro atoms. The third-order valence-corrected chi connectivity index (χ3v) is 3.60. The van der Waals surface area contributed by atoms with Crippen LogP contribution in [0.5, 0.6) is 0 Å². The van der Waals surface area contributed by atoms with Crippen LogP contribution in [-0.2, 0) is 16.3 Å². The molecule has 3 nitrogen and oxygen atoms in total. The van der Waals surface area contributed by atoms with E-state index in [1.165, 1.54) is 6.26 Å². The van der Waals surface area contributed by atoms with Gasteiger partial charge in [0.15, 0.2) is 9.84 Å². The fraction of sp³-hybridized carbons (Fsp3) is 0.500. The minimum absolute atomic E-state index is 0.232. The third-order valence-electron chi connectivity index (χ3n) is 2.48. The van der Waals surface area contributed by atoms with Gasteiger partial charge in [0, 0.05) is 12.3 Å². The number of sulfone groups is 1. The first-order valence-electron chi connectivity index (χ1n) is 5.44. The fourth-order valence-electron chi connectivity index (χ4n) is 1.53. The van der Waals surface area contributed by atoms with E-state index in [0.717, 1.165) is 24.8 Å². The maximum absolute atomic E-state index is 11.2. The molecule has 0 saturated carbocycles. The Hall–Kier alpha value is -0.870. The van der Waals surface area contributed by atoms with E-state index < -0.39 is 9.84 Å². The lowest BCUT2D eigenvalue weighted by Crippen LogP contribution is -2.14. The molecular weight excluding hydrogens is 222 g/mol. The molecule has 0 aliphatic heterocycles. The second kappa shape index (κ2) is 5.46. The van der Waals surface area contributed by atoms with Gasteiger partial charge in [-0.3, -0.25) is 0 Å². The van der Waals surface area contributed by atoms with Gasteiger partial charge in [0.2, 0.25) is 0 Å². The number of aryl methyl sites for hydroxylation is 1. The Morgan fingerprint density at radius 3 is 2.25 bits per heavy atom. The fourth-order valence-corrected chi connectivity index (χ4v) is 2.16. The van der Waals surface area contributed by atoms with Crippen LogP contribution in [0.3, 0.4) is 0 Å². The quantitative estimate of drug-likeness (QED) is 0.854. The van der Waals surface area contributed by atoms with E-state index in [4.69, 9.17) is 5.73 Å². The monoisotopic (exact) mass is 241 g/mol. The summed E-state index contributed by atoms with van der Waals surface area (Å²) in [6.07, 6.45) is 4.20. The van der Waals surface area contributed by atoms with Gasteiger partial charge < -0.3 is 5.73 Å². The van der Waals surface area contributed by atoms with Crippen molar-refractivity contribution >= 4 is 9.84 Å². The summed E-state index contributed by atoms with van der Waals surface area (Å²) in [5.41, 5.74) is 6.82. The van der Waals surface area contributed by atoms with E-state index in [0.29, 0.717) is 4.90 Å². The van der Waals surface area contributed by atoms with Crippen LogP contribution in [0.1, 0.15) is 25.3 Å². The molecule has 4 heteroatoms. The van der Waals surface area contributed by atoms with Gasteiger partial charge in [0.25, 0.3) is 0 Å². The van der Waals surface area contributed by atoms with Crippen LogP contribution in [0, 0.1) is 0 Å². The lowest BCUT2D eigenvalue weighted by molar-refractivity contribution is 0.601. The Bertz CT molecular complexity index is 421. The van der Waals surface area contributed by atoms with Crippen molar-refractivity contribution < 1.29 is 8.42 Å².